The van der Waals surface area contributed by atoms with Gasteiger partial charge in [-0.3, -0.25) is 14.2 Å². The van der Waals surface area contributed by atoms with Gasteiger partial charge in [0.25, 0.3) is 0 Å². The first-order chi connectivity index (χ1) is 19.1. The van der Waals surface area contributed by atoms with Crippen molar-refractivity contribution in [2.75, 3.05) is 0 Å². The molecule has 1 aliphatic carbocycles. The van der Waals surface area contributed by atoms with Gasteiger partial charge in [-0.1, -0.05) is 23.7 Å². The molecule has 1 heterocycles. The second-order valence-electron chi connectivity index (χ2n) is 9.35. The van der Waals surface area contributed by atoms with E-state index in [1.165, 1.54) is 30.3 Å². The highest BCUT2D eigenvalue weighted by Crippen LogP contribution is 2.31. The molecule has 1 aliphatic rings. The molecule has 1 fully saturated rings. The summed E-state index contributed by atoms with van der Waals surface area (Å²) >= 11 is 5.85. The zero-order valence-corrected chi connectivity index (χ0v) is 21.6. The number of benzene rings is 2. The fourth-order valence-corrected chi connectivity index (χ4v) is 3.97. The van der Waals surface area contributed by atoms with Crippen molar-refractivity contribution < 1.29 is 41.0 Å². The number of aliphatic hydroxyl groups is 1. The van der Waals surface area contributed by atoms with Gasteiger partial charge in [-0.15, -0.1) is 5.10 Å². The first-order valence-electron chi connectivity index (χ1n) is 12.1. The number of carbonyl (C=O) groups excluding carboxylic acids is 2. The molecule has 4 rings (SSSR count). The fraction of sp³-hybridized carbons (Fsp3) is 0.360. The quantitative estimate of drug-likeness (QED) is 0.323. The molecule has 3 aromatic rings. The first kappa shape index (κ1) is 30.1. The number of amides is 2. The molecular weight excluding hydrogens is 584 g/mol. The molecule has 16 heteroatoms. The predicted molar refractivity (Wildman–Crippen MR) is 132 cm³/mol. The molecular formula is C25H22ClF6N5O4. The van der Waals surface area contributed by atoms with E-state index in [0.717, 1.165) is 12.1 Å². The van der Waals surface area contributed by atoms with Crippen molar-refractivity contribution >= 4 is 23.4 Å². The summed E-state index contributed by atoms with van der Waals surface area (Å²) in [6.45, 7) is -2.14. The Hall–Kier alpha value is -3.85. The monoisotopic (exact) mass is 605 g/mol. The van der Waals surface area contributed by atoms with Crippen molar-refractivity contribution in [3.05, 3.63) is 75.2 Å². The summed E-state index contributed by atoms with van der Waals surface area (Å²) in [6.07, 6.45) is -11.4. The van der Waals surface area contributed by atoms with Crippen molar-refractivity contribution in [1.82, 2.24) is 25.0 Å². The molecule has 2 amide bonds. The number of nitrogens with one attached hydrogen (secondary N) is 2. The van der Waals surface area contributed by atoms with E-state index >= 15 is 0 Å². The van der Waals surface area contributed by atoms with Crippen molar-refractivity contribution in [3.8, 4) is 11.4 Å². The maximum absolute atomic E-state index is 13.3. The third kappa shape index (κ3) is 7.47. The topological polar surface area (TPSA) is 118 Å². The third-order valence-corrected chi connectivity index (χ3v) is 6.34. The van der Waals surface area contributed by atoms with Gasteiger partial charge in [0.2, 0.25) is 11.8 Å². The molecule has 3 N–H and O–H groups in total. The molecule has 1 aromatic heterocycles. The molecule has 2 aromatic carbocycles. The minimum Gasteiger partial charge on any atom is -0.382 e. The molecule has 220 valence electrons. The minimum absolute atomic E-state index is 0.144. The van der Waals surface area contributed by atoms with Gasteiger partial charge in [0, 0.05) is 16.6 Å². The van der Waals surface area contributed by atoms with E-state index in [1.54, 1.807) is 0 Å². The van der Waals surface area contributed by atoms with E-state index in [2.05, 4.69) is 15.7 Å². The average Bonchev–Trinajstić information content (AvgIpc) is 3.66. The SMILES string of the molecule is O=C(Cn1nc(-c2ccc(Cl)cc2)n(C[C@H](O)C(F)(F)F)c1=O)NC(C(=O)NC1CC1)c1cccc(C(F)(F)F)c1. The van der Waals surface area contributed by atoms with E-state index < -0.39 is 60.7 Å². The highest BCUT2D eigenvalue weighted by atomic mass is 35.5. The normalized spacial score (nSPS) is 15.3. The molecule has 0 radical (unpaired) electrons. The summed E-state index contributed by atoms with van der Waals surface area (Å²) in [5.74, 6) is -2.14. The smallest absolute Gasteiger partial charge is 0.382 e. The summed E-state index contributed by atoms with van der Waals surface area (Å²) in [7, 11) is 0. The lowest BCUT2D eigenvalue weighted by Gasteiger charge is -2.20. The lowest BCUT2D eigenvalue weighted by Crippen LogP contribution is -2.43. The Morgan fingerprint density at radius 1 is 1.07 bits per heavy atom. The van der Waals surface area contributed by atoms with Crippen LogP contribution in [0.3, 0.4) is 0 Å². The number of carbonyl (C=O) groups is 2. The number of alkyl halides is 6. The number of hydrogen-bond donors (Lipinski definition) is 3. The third-order valence-electron chi connectivity index (χ3n) is 6.09. The fourth-order valence-electron chi connectivity index (χ4n) is 3.85. The van der Waals surface area contributed by atoms with Gasteiger partial charge >= 0.3 is 18.0 Å². The van der Waals surface area contributed by atoms with Crippen molar-refractivity contribution in [2.24, 2.45) is 0 Å². The van der Waals surface area contributed by atoms with Gasteiger partial charge in [-0.25, -0.2) is 9.48 Å². The molecule has 1 unspecified atom stereocenters. The number of hydrogen-bond acceptors (Lipinski definition) is 5. The summed E-state index contributed by atoms with van der Waals surface area (Å²) in [4.78, 5) is 38.8. The van der Waals surface area contributed by atoms with Gasteiger partial charge in [0.05, 0.1) is 12.1 Å². The molecule has 0 spiro atoms. The van der Waals surface area contributed by atoms with Crippen LogP contribution in [-0.2, 0) is 28.9 Å². The van der Waals surface area contributed by atoms with Crippen molar-refractivity contribution in [2.45, 2.75) is 56.5 Å². The minimum atomic E-state index is -5.07. The van der Waals surface area contributed by atoms with Gasteiger partial charge in [-0.05, 0) is 54.8 Å². The summed E-state index contributed by atoms with van der Waals surface area (Å²) in [5, 5.41) is 18.7. The van der Waals surface area contributed by atoms with Crippen LogP contribution < -0.4 is 16.3 Å². The van der Waals surface area contributed by atoms with Crippen LogP contribution in [0.4, 0.5) is 26.3 Å². The van der Waals surface area contributed by atoms with E-state index in [4.69, 9.17) is 11.6 Å². The van der Waals surface area contributed by atoms with Crippen molar-refractivity contribution in [1.29, 1.82) is 0 Å². The van der Waals surface area contributed by atoms with Gasteiger partial charge < -0.3 is 15.7 Å². The zero-order valence-electron chi connectivity index (χ0n) is 20.8. The standard InChI is InChI=1S/C25H22ClF6N5O4/c26-16-6-4-13(5-7-16)21-35-37(23(41)36(21)11-18(38)25(30,31)32)12-19(39)34-20(22(40)33-17-8-9-17)14-2-1-3-15(10-14)24(27,28)29/h1-7,10,17-18,20,38H,8-9,11-12H2,(H,33,40)(H,34,39)/t18-,20?/m0/s1. The molecule has 9 nitrogen and oxygen atoms in total. The summed E-state index contributed by atoms with van der Waals surface area (Å²) in [6, 6.07) is 7.48. The Morgan fingerprint density at radius 2 is 1.73 bits per heavy atom. The number of aromatic nitrogens is 3. The Bertz CT molecular complexity index is 1480. The molecule has 0 bridgehead atoms. The number of aliphatic hydroxyl groups excluding tert-OH is 1. The lowest BCUT2D eigenvalue weighted by molar-refractivity contribution is -0.207. The van der Waals surface area contributed by atoms with Gasteiger partial charge in [0.1, 0.15) is 12.6 Å². The predicted octanol–water partition coefficient (Wildman–Crippen LogP) is 3.44. The average molecular weight is 606 g/mol. The van der Waals surface area contributed by atoms with Crippen molar-refractivity contribution in [3.63, 3.8) is 0 Å². The van der Waals surface area contributed by atoms with E-state index in [-0.39, 0.29) is 28.0 Å². The van der Waals surface area contributed by atoms with E-state index in [9.17, 15) is 45.8 Å². The largest absolute Gasteiger partial charge is 0.416 e. The van der Waals surface area contributed by atoms with E-state index in [1.807, 2.05) is 0 Å². The molecule has 0 saturated heterocycles. The Kier molecular flexibility index (Phi) is 8.49. The van der Waals surface area contributed by atoms with E-state index in [0.29, 0.717) is 28.2 Å². The van der Waals surface area contributed by atoms with Gasteiger partial charge in [-0.2, -0.15) is 26.3 Å². The Morgan fingerprint density at radius 3 is 2.32 bits per heavy atom. The summed E-state index contributed by atoms with van der Waals surface area (Å²) < 4.78 is 80.1. The second-order valence-corrected chi connectivity index (χ2v) is 9.78. The maximum atomic E-state index is 13.3. The second kappa shape index (κ2) is 11.6. The highest BCUT2D eigenvalue weighted by molar-refractivity contribution is 6.30. The van der Waals surface area contributed by atoms with Crippen LogP contribution in [0.15, 0.2) is 53.3 Å². The van der Waals surface area contributed by atoms with Crippen LogP contribution in [-0.4, -0.2) is 49.6 Å². The van der Waals surface area contributed by atoms with Crippen LogP contribution in [0.25, 0.3) is 11.4 Å². The molecule has 0 aliphatic heterocycles. The number of rotatable bonds is 9. The van der Waals surface area contributed by atoms with Crippen LogP contribution >= 0.6 is 11.6 Å². The van der Waals surface area contributed by atoms with Gasteiger partial charge in [0.15, 0.2) is 11.9 Å². The Balaban J connectivity index is 1.64. The van der Waals surface area contributed by atoms with Crippen LogP contribution in [0.5, 0.6) is 0 Å². The highest BCUT2D eigenvalue weighted by Gasteiger charge is 2.39. The molecule has 1 saturated carbocycles. The summed E-state index contributed by atoms with van der Waals surface area (Å²) in [5.41, 5.74) is -2.28. The first-order valence-corrected chi connectivity index (χ1v) is 12.5. The molecule has 41 heavy (non-hydrogen) atoms. The molecule has 2 atom stereocenters. The number of nitrogens with zero attached hydrogens (tertiary/aromatic N) is 3. The van der Waals surface area contributed by atoms with Crippen LogP contribution in [0, 0.1) is 0 Å². The number of halogens is 7. The zero-order chi connectivity index (χ0) is 30.1. The lowest BCUT2D eigenvalue weighted by atomic mass is 10.0. The maximum Gasteiger partial charge on any atom is 0.416 e. The van der Waals surface area contributed by atoms with Crippen LogP contribution in [0.1, 0.15) is 30.0 Å². The Labute approximate surface area is 232 Å². The van der Waals surface area contributed by atoms with Crippen LogP contribution in [0.2, 0.25) is 5.02 Å².